The first kappa shape index (κ1) is 23.0. The van der Waals surface area contributed by atoms with Gasteiger partial charge in [0.25, 0.3) is 0 Å². The Bertz CT molecular complexity index is 319. The first-order valence-corrected chi connectivity index (χ1v) is 11.8. The van der Waals surface area contributed by atoms with Gasteiger partial charge < -0.3 is 0 Å². The van der Waals surface area contributed by atoms with Crippen molar-refractivity contribution in [2.24, 2.45) is 22.7 Å². The van der Waals surface area contributed by atoms with Gasteiger partial charge >= 0.3 is 0 Å². The Kier molecular flexibility index (Phi) is 10.7. The van der Waals surface area contributed by atoms with Gasteiger partial charge in [0.1, 0.15) is 0 Å². The third-order valence-electron chi connectivity index (χ3n) is 7.40. The van der Waals surface area contributed by atoms with Gasteiger partial charge in [-0.25, -0.2) is 0 Å². The molecule has 1 rings (SSSR count). The summed E-state index contributed by atoms with van der Waals surface area (Å²) in [5.41, 5.74) is 0.911. The van der Waals surface area contributed by atoms with Gasteiger partial charge in [0, 0.05) is 0 Å². The quantitative estimate of drug-likeness (QED) is 0.258. The van der Waals surface area contributed by atoms with Crippen LogP contribution in [0.5, 0.6) is 0 Å². The average Bonchev–Trinajstić information content (AvgIpc) is 3.27. The summed E-state index contributed by atoms with van der Waals surface area (Å²) in [6.07, 6.45) is 22.1. The largest absolute Gasteiger partial charge is 0.0654 e. The van der Waals surface area contributed by atoms with Crippen LogP contribution in [0, 0.1) is 22.7 Å². The third kappa shape index (κ3) is 10.0. The smallest absolute Gasteiger partial charge is 0.0306 e. The second-order valence-electron chi connectivity index (χ2n) is 10.8. The summed E-state index contributed by atoms with van der Waals surface area (Å²) in [6.45, 7) is 14.4. The van der Waals surface area contributed by atoms with Crippen LogP contribution < -0.4 is 0 Å². The highest BCUT2D eigenvalue weighted by molar-refractivity contribution is 4.85. The third-order valence-corrected chi connectivity index (χ3v) is 7.40. The molecule has 0 heterocycles. The summed E-state index contributed by atoms with van der Waals surface area (Å²) in [4.78, 5) is 0. The minimum absolute atomic E-state index is 0.435. The molecular formula is C25H50. The lowest BCUT2D eigenvalue weighted by atomic mass is 9.67. The van der Waals surface area contributed by atoms with Crippen LogP contribution in [-0.2, 0) is 0 Å². The molecular weight excluding hydrogens is 300 g/mol. The van der Waals surface area contributed by atoms with Crippen LogP contribution in [0.15, 0.2) is 0 Å². The molecule has 0 amide bonds. The highest BCUT2D eigenvalue weighted by atomic mass is 14.4. The maximum Gasteiger partial charge on any atom is -0.0306 e. The zero-order valence-corrected chi connectivity index (χ0v) is 18.8. The van der Waals surface area contributed by atoms with Gasteiger partial charge in [-0.05, 0) is 35.5 Å². The number of hydrogen-bond donors (Lipinski definition) is 0. The second-order valence-corrected chi connectivity index (χ2v) is 10.8. The van der Waals surface area contributed by atoms with Crippen molar-refractivity contribution in [1.82, 2.24) is 0 Å². The Morgan fingerprint density at radius 3 is 1.52 bits per heavy atom. The topological polar surface area (TPSA) is 0 Å². The predicted octanol–water partition coefficient (Wildman–Crippen LogP) is 9.18. The maximum absolute atomic E-state index is 2.45. The van der Waals surface area contributed by atoms with Gasteiger partial charge in [-0.2, -0.15) is 0 Å². The Hall–Kier alpha value is 0. The van der Waals surface area contributed by atoms with Gasteiger partial charge in [0.05, 0.1) is 0 Å². The zero-order chi connectivity index (χ0) is 18.8. The Balaban J connectivity index is 1.87. The van der Waals surface area contributed by atoms with Crippen LogP contribution in [-0.4, -0.2) is 0 Å². The SMILES string of the molecule is CCCCCCCCC1CC1CCCCCCCC(C)(C)C(C)(C)C. The van der Waals surface area contributed by atoms with E-state index in [9.17, 15) is 0 Å². The maximum atomic E-state index is 2.45. The molecule has 1 saturated carbocycles. The first-order valence-electron chi connectivity index (χ1n) is 11.8. The summed E-state index contributed by atoms with van der Waals surface area (Å²) < 4.78 is 0. The van der Waals surface area contributed by atoms with Gasteiger partial charge in [-0.3, -0.25) is 0 Å². The van der Waals surface area contributed by atoms with E-state index in [-0.39, 0.29) is 0 Å². The molecule has 0 aromatic rings. The summed E-state index contributed by atoms with van der Waals surface area (Å²) in [6, 6.07) is 0. The summed E-state index contributed by atoms with van der Waals surface area (Å²) >= 11 is 0. The van der Waals surface area contributed by atoms with Crippen molar-refractivity contribution in [2.45, 2.75) is 138 Å². The van der Waals surface area contributed by atoms with E-state index in [1.807, 2.05) is 0 Å². The fourth-order valence-corrected chi connectivity index (χ4v) is 4.08. The molecule has 1 aliphatic carbocycles. The molecule has 0 aromatic carbocycles. The van der Waals surface area contributed by atoms with E-state index in [1.165, 1.54) is 83.5 Å². The van der Waals surface area contributed by atoms with Crippen molar-refractivity contribution >= 4 is 0 Å². The molecule has 0 radical (unpaired) electrons. The molecule has 1 fully saturated rings. The van der Waals surface area contributed by atoms with E-state index < -0.39 is 0 Å². The van der Waals surface area contributed by atoms with Crippen molar-refractivity contribution in [3.63, 3.8) is 0 Å². The molecule has 0 N–H and O–H groups in total. The Morgan fingerprint density at radius 1 is 0.600 bits per heavy atom. The lowest BCUT2D eigenvalue weighted by molar-refractivity contribution is 0.115. The predicted molar refractivity (Wildman–Crippen MR) is 115 cm³/mol. The lowest BCUT2D eigenvalue weighted by Crippen LogP contribution is -2.29. The van der Waals surface area contributed by atoms with Crippen LogP contribution in [0.2, 0.25) is 0 Å². The molecule has 150 valence electrons. The van der Waals surface area contributed by atoms with E-state index in [2.05, 4.69) is 41.5 Å². The second kappa shape index (κ2) is 11.7. The molecule has 2 unspecified atom stereocenters. The Morgan fingerprint density at radius 2 is 1.04 bits per heavy atom. The molecule has 0 saturated heterocycles. The molecule has 1 aliphatic rings. The molecule has 0 spiro atoms. The number of rotatable bonds is 15. The van der Waals surface area contributed by atoms with Gasteiger partial charge in [0.15, 0.2) is 0 Å². The van der Waals surface area contributed by atoms with Crippen LogP contribution in [0.25, 0.3) is 0 Å². The van der Waals surface area contributed by atoms with Gasteiger partial charge in [-0.15, -0.1) is 0 Å². The monoisotopic (exact) mass is 350 g/mol. The van der Waals surface area contributed by atoms with Crippen LogP contribution >= 0.6 is 0 Å². The average molecular weight is 351 g/mol. The van der Waals surface area contributed by atoms with E-state index in [0.29, 0.717) is 10.8 Å². The minimum atomic E-state index is 0.435. The molecule has 0 heteroatoms. The van der Waals surface area contributed by atoms with Gasteiger partial charge in [-0.1, -0.05) is 125 Å². The zero-order valence-electron chi connectivity index (χ0n) is 18.8. The highest BCUT2D eigenvalue weighted by Gasteiger charge is 2.35. The van der Waals surface area contributed by atoms with Crippen molar-refractivity contribution in [2.75, 3.05) is 0 Å². The fourth-order valence-electron chi connectivity index (χ4n) is 4.08. The van der Waals surface area contributed by atoms with Crippen molar-refractivity contribution in [1.29, 1.82) is 0 Å². The van der Waals surface area contributed by atoms with E-state index >= 15 is 0 Å². The molecule has 0 nitrogen and oxygen atoms in total. The number of hydrogen-bond acceptors (Lipinski definition) is 0. The molecule has 0 aromatic heterocycles. The summed E-state index contributed by atoms with van der Waals surface area (Å²) in [5, 5.41) is 0. The van der Waals surface area contributed by atoms with E-state index in [1.54, 1.807) is 12.8 Å². The molecule has 0 bridgehead atoms. The standard InChI is InChI=1S/C25H50/c1-7-8-9-10-12-15-18-22-21-23(22)19-16-13-11-14-17-20-25(5,6)24(2,3)4/h22-23H,7-21H2,1-6H3. The first-order chi connectivity index (χ1) is 11.8. The van der Waals surface area contributed by atoms with Crippen molar-refractivity contribution in [3.05, 3.63) is 0 Å². The van der Waals surface area contributed by atoms with Crippen molar-refractivity contribution < 1.29 is 0 Å². The number of unbranched alkanes of at least 4 members (excludes halogenated alkanes) is 9. The lowest BCUT2D eigenvalue weighted by Gasteiger charge is -2.39. The normalized spacial score (nSPS) is 20.9. The fraction of sp³-hybridized carbons (Fsp3) is 1.00. The molecule has 2 atom stereocenters. The van der Waals surface area contributed by atoms with Crippen LogP contribution in [0.4, 0.5) is 0 Å². The summed E-state index contributed by atoms with van der Waals surface area (Å²) in [7, 11) is 0. The van der Waals surface area contributed by atoms with Crippen molar-refractivity contribution in [3.8, 4) is 0 Å². The molecule has 25 heavy (non-hydrogen) atoms. The van der Waals surface area contributed by atoms with Crippen LogP contribution in [0.1, 0.15) is 138 Å². The Labute approximate surface area is 160 Å². The summed E-state index contributed by atoms with van der Waals surface area (Å²) in [5.74, 6) is 2.24. The van der Waals surface area contributed by atoms with E-state index in [4.69, 9.17) is 0 Å². The van der Waals surface area contributed by atoms with E-state index in [0.717, 1.165) is 11.8 Å². The minimum Gasteiger partial charge on any atom is -0.0654 e. The molecule has 0 aliphatic heterocycles. The van der Waals surface area contributed by atoms with Gasteiger partial charge in [0.2, 0.25) is 0 Å². The van der Waals surface area contributed by atoms with Crippen LogP contribution in [0.3, 0.4) is 0 Å². The highest BCUT2D eigenvalue weighted by Crippen LogP contribution is 2.46.